The van der Waals surface area contributed by atoms with Crippen LogP contribution in [-0.2, 0) is 9.16 Å². The molecule has 1 aliphatic carbocycles. The average molecular weight is 376 g/mol. The van der Waals surface area contributed by atoms with Crippen LogP contribution < -0.4 is 0 Å². The number of hydrogen-bond donors (Lipinski definition) is 0. The molecule has 1 rings (SSSR count). The summed E-state index contributed by atoms with van der Waals surface area (Å²) in [6.45, 7) is 10.7. The molecular formula is C15H22F6O2Si. The van der Waals surface area contributed by atoms with E-state index in [1.165, 1.54) is 19.6 Å². The Bertz CT molecular complexity index is 517. The predicted octanol–water partition coefficient (Wildman–Crippen LogP) is 5.03. The summed E-state index contributed by atoms with van der Waals surface area (Å²) in [4.78, 5) is 0. The van der Waals surface area contributed by atoms with Gasteiger partial charge in [0.05, 0.1) is 6.61 Å². The third-order valence-electron chi connectivity index (χ3n) is 4.06. The van der Waals surface area contributed by atoms with Crippen molar-refractivity contribution in [1.82, 2.24) is 0 Å². The summed E-state index contributed by atoms with van der Waals surface area (Å²) in [5.74, 6) is -16.0. The molecule has 0 radical (unpaired) electrons. The summed E-state index contributed by atoms with van der Waals surface area (Å²) in [6, 6.07) is 0. The fraction of sp³-hybridized carbons (Fsp3) is 0.733. The van der Waals surface area contributed by atoms with Gasteiger partial charge < -0.3 is 9.16 Å². The van der Waals surface area contributed by atoms with Crippen LogP contribution in [0.2, 0.25) is 19.6 Å². The minimum atomic E-state index is -5.65. The van der Waals surface area contributed by atoms with Crippen molar-refractivity contribution >= 4 is 8.32 Å². The largest absolute Gasteiger partial charge is 0.404 e. The Morgan fingerprint density at radius 1 is 0.875 bits per heavy atom. The lowest BCUT2D eigenvalue weighted by Gasteiger charge is -2.47. The van der Waals surface area contributed by atoms with Crippen molar-refractivity contribution in [2.75, 3.05) is 6.61 Å². The fourth-order valence-electron chi connectivity index (χ4n) is 3.08. The van der Waals surface area contributed by atoms with Gasteiger partial charge in [-0.3, -0.25) is 0 Å². The molecule has 2 unspecified atom stereocenters. The van der Waals surface area contributed by atoms with Crippen molar-refractivity contribution in [3.05, 3.63) is 25.3 Å². The van der Waals surface area contributed by atoms with Crippen LogP contribution in [0.4, 0.5) is 26.3 Å². The van der Waals surface area contributed by atoms with Crippen molar-refractivity contribution in [2.45, 2.75) is 62.0 Å². The predicted molar refractivity (Wildman–Crippen MR) is 81.4 cm³/mol. The molecule has 2 nitrogen and oxygen atoms in total. The molecule has 0 N–H and O–H groups in total. The van der Waals surface area contributed by atoms with E-state index in [2.05, 4.69) is 13.2 Å². The van der Waals surface area contributed by atoms with Crippen LogP contribution in [0.5, 0.6) is 0 Å². The maximum Gasteiger partial charge on any atom is 0.378 e. The highest BCUT2D eigenvalue weighted by Crippen LogP contribution is 2.69. The zero-order chi connectivity index (χ0) is 19.2. The van der Waals surface area contributed by atoms with Gasteiger partial charge in [0.1, 0.15) is 0 Å². The van der Waals surface area contributed by atoms with Crippen molar-refractivity contribution in [2.24, 2.45) is 0 Å². The first-order valence-corrected chi connectivity index (χ1v) is 10.7. The van der Waals surface area contributed by atoms with E-state index in [0.29, 0.717) is 6.92 Å². The first kappa shape index (κ1) is 21.2. The first-order valence-electron chi connectivity index (χ1n) is 7.27. The van der Waals surface area contributed by atoms with Crippen LogP contribution in [0.15, 0.2) is 25.3 Å². The van der Waals surface area contributed by atoms with E-state index in [4.69, 9.17) is 9.16 Å². The van der Waals surface area contributed by atoms with Gasteiger partial charge in [-0.2, -0.15) is 26.3 Å². The van der Waals surface area contributed by atoms with E-state index in [9.17, 15) is 26.3 Å². The molecule has 0 bridgehead atoms. The van der Waals surface area contributed by atoms with Crippen molar-refractivity contribution in [3.63, 3.8) is 0 Å². The molecule has 0 spiro atoms. The zero-order valence-electron chi connectivity index (χ0n) is 14.1. The summed E-state index contributed by atoms with van der Waals surface area (Å²) in [6.07, 6.45) is 0.921. The maximum atomic E-state index is 14.6. The number of hydrogen-bond acceptors (Lipinski definition) is 2. The first-order chi connectivity index (χ1) is 10.6. The molecule has 0 aromatic heterocycles. The molecule has 0 aliphatic heterocycles. The highest BCUT2D eigenvalue weighted by molar-refractivity contribution is 6.69. The number of ether oxygens (including phenoxy) is 1. The van der Waals surface area contributed by atoms with Crippen molar-refractivity contribution in [1.29, 1.82) is 0 Å². The molecule has 1 fully saturated rings. The average Bonchev–Trinajstić information content (AvgIpc) is 2.44. The van der Waals surface area contributed by atoms with Crippen LogP contribution in [-0.4, -0.2) is 43.9 Å². The van der Waals surface area contributed by atoms with E-state index < -0.39 is 50.3 Å². The van der Waals surface area contributed by atoms with Gasteiger partial charge in [0.2, 0.25) is 0 Å². The lowest BCUT2D eigenvalue weighted by molar-refractivity contribution is -0.300. The SMILES string of the molecule is C=CCOC1(CC=C)C(F)(F)C(F)(F)C(F)(F)C1(C)O[Si](C)(C)C. The van der Waals surface area contributed by atoms with Gasteiger partial charge >= 0.3 is 17.8 Å². The molecular weight excluding hydrogens is 354 g/mol. The molecule has 2 atom stereocenters. The molecule has 0 saturated heterocycles. The molecule has 1 aliphatic rings. The second kappa shape index (κ2) is 5.88. The Balaban J connectivity index is 3.80. The number of halogens is 6. The van der Waals surface area contributed by atoms with Crippen LogP contribution >= 0.6 is 0 Å². The van der Waals surface area contributed by atoms with Crippen LogP contribution in [0.3, 0.4) is 0 Å². The minimum absolute atomic E-state index is 0.562. The molecule has 140 valence electrons. The van der Waals surface area contributed by atoms with Gasteiger partial charge in [0.15, 0.2) is 19.5 Å². The molecule has 0 aromatic carbocycles. The third-order valence-corrected chi connectivity index (χ3v) is 5.08. The van der Waals surface area contributed by atoms with E-state index >= 15 is 0 Å². The second-order valence-electron chi connectivity index (χ2n) is 6.89. The molecule has 9 heteroatoms. The lowest BCUT2D eigenvalue weighted by atomic mass is 9.81. The Kier molecular flexibility index (Phi) is 5.20. The van der Waals surface area contributed by atoms with Gasteiger partial charge in [-0.1, -0.05) is 12.2 Å². The van der Waals surface area contributed by atoms with E-state index in [-0.39, 0.29) is 0 Å². The maximum absolute atomic E-state index is 14.6. The molecule has 0 aromatic rings. The summed E-state index contributed by atoms with van der Waals surface area (Å²) in [5, 5.41) is 0. The summed E-state index contributed by atoms with van der Waals surface area (Å²) >= 11 is 0. The van der Waals surface area contributed by atoms with E-state index in [1.807, 2.05) is 0 Å². The van der Waals surface area contributed by atoms with Gasteiger partial charge in [0.25, 0.3) is 0 Å². The normalized spacial score (nSPS) is 34.1. The fourth-order valence-corrected chi connectivity index (χ4v) is 4.59. The van der Waals surface area contributed by atoms with Gasteiger partial charge in [-0.15, -0.1) is 13.2 Å². The van der Waals surface area contributed by atoms with Crippen molar-refractivity contribution in [3.8, 4) is 0 Å². The van der Waals surface area contributed by atoms with Gasteiger partial charge in [-0.25, -0.2) is 0 Å². The standard InChI is InChI=1S/C15H22F6O2Si/c1-7-9-12(22-10-8-2)11(3,23-24(4,5)6)13(16,17)15(20,21)14(12,18)19/h7-8H,1-2,9-10H2,3-6H3. The van der Waals surface area contributed by atoms with E-state index in [0.717, 1.165) is 12.2 Å². The summed E-state index contributed by atoms with van der Waals surface area (Å²) < 4.78 is 96.8. The summed E-state index contributed by atoms with van der Waals surface area (Å²) in [5.41, 5.74) is -6.54. The quantitative estimate of drug-likeness (QED) is 0.352. The van der Waals surface area contributed by atoms with Crippen LogP contribution in [0, 0.1) is 0 Å². The second-order valence-corrected chi connectivity index (χ2v) is 11.3. The molecule has 24 heavy (non-hydrogen) atoms. The summed E-state index contributed by atoms with van der Waals surface area (Å²) in [7, 11) is -2.95. The highest BCUT2D eigenvalue weighted by atomic mass is 28.4. The number of rotatable bonds is 7. The van der Waals surface area contributed by atoms with Crippen molar-refractivity contribution < 1.29 is 35.5 Å². The smallest absolute Gasteiger partial charge is 0.378 e. The van der Waals surface area contributed by atoms with Crippen LogP contribution in [0.1, 0.15) is 13.3 Å². The monoisotopic (exact) mass is 376 g/mol. The van der Waals surface area contributed by atoms with E-state index in [1.54, 1.807) is 0 Å². The highest BCUT2D eigenvalue weighted by Gasteiger charge is 2.96. The molecule has 0 heterocycles. The molecule has 1 saturated carbocycles. The lowest BCUT2D eigenvalue weighted by Crippen LogP contribution is -2.66. The van der Waals surface area contributed by atoms with Crippen LogP contribution in [0.25, 0.3) is 0 Å². The van der Waals surface area contributed by atoms with Gasteiger partial charge in [-0.05, 0) is 26.6 Å². The molecule has 0 amide bonds. The topological polar surface area (TPSA) is 18.5 Å². The Morgan fingerprint density at radius 3 is 1.75 bits per heavy atom. The Morgan fingerprint density at radius 2 is 1.38 bits per heavy atom. The third kappa shape index (κ3) is 2.47. The zero-order valence-corrected chi connectivity index (χ0v) is 15.1. The van der Waals surface area contributed by atoms with Gasteiger partial charge in [0, 0.05) is 6.42 Å². The Hall–Kier alpha value is -0.803. The number of alkyl halides is 6. The minimum Gasteiger partial charge on any atom is -0.404 e. The Labute approximate surface area is 138 Å².